The van der Waals surface area contributed by atoms with E-state index in [0.29, 0.717) is 57.1 Å². The molecule has 13 aromatic rings. The van der Waals surface area contributed by atoms with Crippen LogP contribution in [0.3, 0.4) is 0 Å². The van der Waals surface area contributed by atoms with Crippen LogP contribution in [0.4, 0.5) is 0 Å². The summed E-state index contributed by atoms with van der Waals surface area (Å²) in [5.41, 5.74) is -2.23. The molecule has 718 valence electrons. The van der Waals surface area contributed by atoms with Crippen molar-refractivity contribution in [1.82, 2.24) is 4.98 Å². The molecule has 1 aromatic heterocycles. The Hall–Kier alpha value is -14.6. The summed E-state index contributed by atoms with van der Waals surface area (Å²) in [6.07, 6.45) is 1.74. The molecule has 0 aliphatic carbocycles. The number of para-hydroxylation sites is 1. The van der Waals surface area contributed by atoms with E-state index in [9.17, 15) is 47.9 Å². The predicted octanol–water partition coefficient (Wildman–Crippen LogP) is 25.9. The van der Waals surface area contributed by atoms with Crippen LogP contribution in [0.15, 0.2) is 273 Å². The number of hydrogen-bond acceptors (Lipinski definition) is 23. The molecule has 0 radical (unpaired) electrons. The number of ether oxygens (including phenoxy) is 12. The molecule has 0 aliphatic heterocycles. The third-order valence-electron chi connectivity index (χ3n) is 19.0. The monoisotopic (exact) mass is 1850 g/mol. The number of esters is 10. The minimum Gasteiger partial charge on any atom is -0.497 e. The van der Waals surface area contributed by atoms with Gasteiger partial charge in [0.2, 0.25) is 0 Å². The number of methoxy groups -OCH3 is 4. The van der Waals surface area contributed by atoms with Crippen LogP contribution in [-0.4, -0.2) is 93.1 Å². The molecular formula is C113H129NO22. The van der Waals surface area contributed by atoms with Gasteiger partial charge in [-0.1, -0.05) is 127 Å². The SMILES string of the molecule is CC(C)(C)C(=O)Oc1ccc2ccccc2c1.CC(C)(C)C(=O)Oc1ccc2ncccc2c1.CC(C)(C)C(=O)Oc1cccc2ccccc12.CC(C)(C)C(=O)Oc1ccccc1.COC(=O)c1ccc(OC(=O)C(C)(C)C)cc1.COC(=O)c1ccc2cc(OC(=O)C(C)(C)C)ccc2c1.COc1ccc(OC(=O)C(C)(C)C)c2ccccc12.COc1ccc(OC(=O)C(C)(C)C)cc1. The highest BCUT2D eigenvalue weighted by atomic mass is 16.6. The summed E-state index contributed by atoms with van der Waals surface area (Å²) in [4.78, 5) is 121. The van der Waals surface area contributed by atoms with Gasteiger partial charge in [-0.05, 0) is 333 Å². The Morgan fingerprint density at radius 3 is 0.926 bits per heavy atom. The molecule has 0 saturated heterocycles. The van der Waals surface area contributed by atoms with Crippen LogP contribution in [0.1, 0.15) is 187 Å². The zero-order valence-corrected chi connectivity index (χ0v) is 83.4. The van der Waals surface area contributed by atoms with Gasteiger partial charge < -0.3 is 56.8 Å². The van der Waals surface area contributed by atoms with Crippen molar-refractivity contribution < 1.29 is 105 Å². The first-order valence-electron chi connectivity index (χ1n) is 44.1. The van der Waals surface area contributed by atoms with Crippen LogP contribution in [-0.2, 0) is 47.8 Å². The van der Waals surface area contributed by atoms with Crippen LogP contribution < -0.4 is 47.4 Å². The standard InChI is InChI=1S/C17H18O4.C16H18O3.2C15H16O2.C14H15NO2.C13H16O4.C12H16O3.C11H14O2/c1-17(2,3)16(19)21-14-8-7-11-9-13(15(18)20-4)6-5-12(11)10-14;1-16(2,3)15(17)19-14-10-9-13(18-4)11-7-5-6-8-12(11)14;1-15(2,3)14(16)17-13-10-6-8-11-7-4-5-9-12(11)13;1-15(2,3)14(16)17-13-9-8-11-6-4-5-7-12(11)10-13;1-14(2,3)13(16)17-11-6-7-12-10(9-11)5-4-8-15-12;1-13(2,3)12(15)17-10-7-5-9(6-8-10)11(14)16-4;1-12(2,3)11(13)15-10-7-5-9(14-4)6-8-10;1-11(2,3)10(12)13-9-7-5-4-6-8-9/h5-10H,1-4H3;5-10H,1-4H3;2*4-10H,1-3H3;4-9H,1-3H3;5-8H,1-4H3;5-8H,1-4H3;4-8H,1-3H3. The second-order valence-corrected chi connectivity index (χ2v) is 39.5. The van der Waals surface area contributed by atoms with E-state index in [1.807, 2.05) is 288 Å². The van der Waals surface area contributed by atoms with Crippen molar-refractivity contribution in [3.8, 4) is 57.5 Å². The first-order valence-corrected chi connectivity index (χ1v) is 44.1. The lowest BCUT2D eigenvalue weighted by atomic mass is 9.97. The highest BCUT2D eigenvalue weighted by Crippen LogP contribution is 2.36. The van der Waals surface area contributed by atoms with E-state index >= 15 is 0 Å². The molecular weight excluding hydrogens is 1720 g/mol. The third-order valence-corrected chi connectivity index (χ3v) is 19.0. The summed E-state index contributed by atoms with van der Waals surface area (Å²) in [6, 6.07) is 80.6. The largest absolute Gasteiger partial charge is 0.497 e. The number of fused-ring (bicyclic) bond motifs is 5. The lowest BCUT2D eigenvalue weighted by Gasteiger charge is -2.17. The number of benzene rings is 12. The fraction of sp³-hybridized carbons (Fsp3) is 0.319. The van der Waals surface area contributed by atoms with E-state index in [2.05, 4.69) is 9.72 Å². The number of nitrogens with zero attached hydrogens (tertiary/aromatic N) is 1. The Morgan fingerprint density at radius 2 is 0.493 bits per heavy atom. The number of pyridine rings is 1. The Bertz CT molecular complexity index is 6140. The first-order chi connectivity index (χ1) is 63.4. The van der Waals surface area contributed by atoms with E-state index in [-0.39, 0.29) is 53.7 Å². The van der Waals surface area contributed by atoms with Crippen molar-refractivity contribution in [3.05, 3.63) is 284 Å². The van der Waals surface area contributed by atoms with Crippen LogP contribution in [0.5, 0.6) is 57.5 Å². The van der Waals surface area contributed by atoms with Crippen molar-refractivity contribution in [2.75, 3.05) is 28.4 Å². The molecule has 0 fully saturated rings. The van der Waals surface area contributed by atoms with Crippen LogP contribution >= 0.6 is 0 Å². The van der Waals surface area contributed by atoms with Crippen molar-refractivity contribution in [3.63, 3.8) is 0 Å². The Labute approximate surface area is 798 Å². The molecule has 23 heteroatoms. The molecule has 0 atom stereocenters. The van der Waals surface area contributed by atoms with E-state index in [0.717, 1.165) is 65.5 Å². The summed E-state index contributed by atoms with van der Waals surface area (Å²) in [6.45, 7) is 43.8. The molecule has 13 rings (SSSR count). The van der Waals surface area contributed by atoms with E-state index in [1.165, 1.54) is 14.2 Å². The summed E-state index contributed by atoms with van der Waals surface area (Å²) in [5, 5.41) is 8.81. The van der Waals surface area contributed by atoms with Gasteiger partial charge in [0.05, 0.1) is 88.4 Å². The van der Waals surface area contributed by atoms with Crippen LogP contribution in [0.2, 0.25) is 0 Å². The third kappa shape index (κ3) is 35.7. The second-order valence-electron chi connectivity index (χ2n) is 39.5. The zero-order valence-electron chi connectivity index (χ0n) is 83.4. The van der Waals surface area contributed by atoms with Crippen molar-refractivity contribution in [2.24, 2.45) is 43.3 Å². The Morgan fingerprint density at radius 1 is 0.206 bits per heavy atom. The molecule has 1 heterocycles. The quantitative estimate of drug-likeness (QED) is 0.0810. The minimum absolute atomic E-state index is 0.210. The van der Waals surface area contributed by atoms with Crippen LogP contribution in [0, 0.1) is 43.3 Å². The number of carbonyl (C=O) groups excluding carboxylic acids is 10. The molecule has 0 N–H and O–H groups in total. The van der Waals surface area contributed by atoms with E-state index < -0.39 is 49.3 Å². The average molecular weight is 1850 g/mol. The van der Waals surface area contributed by atoms with Gasteiger partial charge in [0.1, 0.15) is 57.5 Å². The number of rotatable bonds is 12. The Kier molecular flexibility index (Phi) is 39.6. The van der Waals surface area contributed by atoms with Gasteiger partial charge in [0.25, 0.3) is 0 Å². The maximum Gasteiger partial charge on any atom is 0.337 e. The van der Waals surface area contributed by atoms with Gasteiger partial charge in [-0.15, -0.1) is 0 Å². The number of hydrogen-bond donors (Lipinski definition) is 0. The molecule has 0 spiro atoms. The van der Waals surface area contributed by atoms with Crippen molar-refractivity contribution in [1.29, 1.82) is 0 Å². The highest BCUT2D eigenvalue weighted by molar-refractivity contribution is 5.98. The number of carbonyl (C=O) groups is 10. The average Bonchev–Trinajstić information content (AvgIpc) is 0.799. The molecule has 0 aliphatic rings. The molecule has 0 unspecified atom stereocenters. The first kappa shape index (κ1) is 110. The summed E-state index contributed by atoms with van der Waals surface area (Å²) < 4.78 is 62.0. The predicted molar refractivity (Wildman–Crippen MR) is 533 cm³/mol. The van der Waals surface area contributed by atoms with Gasteiger partial charge in [0.15, 0.2) is 0 Å². The zero-order chi connectivity index (χ0) is 101. The molecule has 0 saturated carbocycles. The molecule has 0 bridgehead atoms. The van der Waals surface area contributed by atoms with E-state index in [1.54, 1.807) is 165 Å². The van der Waals surface area contributed by atoms with Crippen LogP contribution in [0.25, 0.3) is 54.0 Å². The maximum absolute atomic E-state index is 12.0. The fourth-order valence-corrected chi connectivity index (χ4v) is 10.7. The molecule has 0 amide bonds. The van der Waals surface area contributed by atoms with Gasteiger partial charge in [-0.3, -0.25) is 43.3 Å². The maximum atomic E-state index is 12.0. The van der Waals surface area contributed by atoms with Gasteiger partial charge in [-0.25, -0.2) is 9.59 Å². The lowest BCUT2D eigenvalue weighted by molar-refractivity contribution is -0.143. The summed E-state index contributed by atoms with van der Waals surface area (Å²) >= 11 is 0. The van der Waals surface area contributed by atoms with Gasteiger partial charge in [0, 0.05) is 27.7 Å². The molecule has 12 aromatic carbocycles. The normalized spacial score (nSPS) is 11.2. The van der Waals surface area contributed by atoms with Gasteiger partial charge >= 0.3 is 59.7 Å². The summed E-state index contributed by atoms with van der Waals surface area (Å²) in [7, 11) is 5.89. The van der Waals surface area contributed by atoms with Crippen molar-refractivity contribution in [2.45, 2.75) is 166 Å². The fourth-order valence-electron chi connectivity index (χ4n) is 10.7. The van der Waals surface area contributed by atoms with Gasteiger partial charge in [-0.2, -0.15) is 0 Å². The Balaban J connectivity index is 0.000000239. The summed E-state index contributed by atoms with van der Waals surface area (Å²) in [5.74, 6) is 3.15. The molecule has 136 heavy (non-hydrogen) atoms. The van der Waals surface area contributed by atoms with Crippen molar-refractivity contribution >= 4 is 114 Å². The number of aromatic nitrogens is 1. The van der Waals surface area contributed by atoms with E-state index in [4.69, 9.17) is 52.1 Å². The highest BCUT2D eigenvalue weighted by Gasteiger charge is 2.31. The minimum atomic E-state index is -0.555. The second kappa shape index (κ2) is 48.9. The topological polar surface area (TPSA) is 294 Å². The lowest BCUT2D eigenvalue weighted by Crippen LogP contribution is -2.25. The smallest absolute Gasteiger partial charge is 0.337 e. The molecule has 23 nitrogen and oxygen atoms in total.